The van der Waals surface area contributed by atoms with Crippen molar-refractivity contribution in [2.45, 2.75) is 0 Å². The van der Waals surface area contributed by atoms with Crippen molar-refractivity contribution < 1.29 is 4.43 Å². The van der Waals surface area contributed by atoms with E-state index in [9.17, 15) is 4.91 Å². The zero-order valence-electron chi connectivity index (χ0n) is 8.34. The molecule has 3 N–H and O–H groups in total. The number of nitrogens with two attached hydrogens (primary N) is 1. The van der Waals surface area contributed by atoms with E-state index >= 15 is 0 Å². The largest absolute Gasteiger partial charge is 0.357 e. The molecule has 5 nitrogen and oxygen atoms in total. The van der Waals surface area contributed by atoms with Crippen LogP contribution in [0.25, 0.3) is 16.1 Å². The molecule has 0 bridgehead atoms. The monoisotopic (exact) mass is 213 g/mol. The smallest absolute Gasteiger partial charge is 0.339 e. The van der Waals surface area contributed by atoms with Crippen molar-refractivity contribution in [3.63, 3.8) is 0 Å². The number of rotatable bonds is 1. The molecule has 0 aliphatic heterocycles. The Kier molecular flexibility index (Phi) is 2.40. The Morgan fingerprint density at radius 2 is 2.00 bits per heavy atom. The standard InChI is InChI=1S/C11H9N4O/c1-13-11-10(12)15(16)7-9(14-11)8-5-3-2-4-6-8/h2-7H,12H2,(H,14,16)/q+1. The third-order valence-electron chi connectivity index (χ3n) is 2.18. The Balaban J connectivity index is 2.66. The topological polar surface area (TPSA) is 69.1 Å². The number of anilines is 1. The predicted octanol–water partition coefficient (Wildman–Crippen LogP) is 1.73. The normalized spacial score (nSPS) is 9.69. The quantitative estimate of drug-likeness (QED) is 0.559. The molecule has 0 fully saturated rings. The van der Waals surface area contributed by atoms with E-state index in [4.69, 9.17) is 12.3 Å². The second-order valence-electron chi connectivity index (χ2n) is 3.21. The first-order chi connectivity index (χ1) is 7.72. The van der Waals surface area contributed by atoms with Gasteiger partial charge in [0.2, 0.25) is 0 Å². The van der Waals surface area contributed by atoms with E-state index in [0.29, 0.717) is 10.1 Å². The summed E-state index contributed by atoms with van der Waals surface area (Å²) in [6.07, 6.45) is 1.32. The molecular weight excluding hydrogens is 204 g/mol. The van der Waals surface area contributed by atoms with Crippen LogP contribution in [0, 0.1) is 11.5 Å². The van der Waals surface area contributed by atoms with E-state index in [2.05, 4.69) is 9.83 Å². The number of benzene rings is 1. The van der Waals surface area contributed by atoms with Crippen molar-refractivity contribution >= 4 is 11.6 Å². The molecule has 1 aromatic carbocycles. The fourth-order valence-electron chi connectivity index (χ4n) is 1.36. The molecule has 0 spiro atoms. The maximum atomic E-state index is 11.4. The van der Waals surface area contributed by atoms with Gasteiger partial charge in [-0.05, 0) is 0 Å². The predicted molar refractivity (Wildman–Crippen MR) is 60.3 cm³/mol. The molecule has 78 valence electrons. The van der Waals surface area contributed by atoms with Gasteiger partial charge < -0.3 is 4.85 Å². The van der Waals surface area contributed by atoms with Crippen molar-refractivity contribution in [1.82, 2.24) is 4.98 Å². The number of aromatic amines is 1. The minimum atomic E-state index is -0.116. The third kappa shape index (κ3) is 1.64. The first-order valence-corrected chi connectivity index (χ1v) is 4.60. The van der Waals surface area contributed by atoms with Crippen LogP contribution in [0.2, 0.25) is 0 Å². The van der Waals surface area contributed by atoms with Gasteiger partial charge in [0, 0.05) is 9.99 Å². The van der Waals surface area contributed by atoms with Crippen LogP contribution in [0.1, 0.15) is 0 Å². The summed E-state index contributed by atoms with van der Waals surface area (Å²) in [6.45, 7) is 6.90. The van der Waals surface area contributed by atoms with E-state index in [0.717, 1.165) is 5.56 Å². The molecule has 0 saturated heterocycles. The molecule has 0 aliphatic carbocycles. The lowest BCUT2D eigenvalue weighted by atomic mass is 10.2. The first kappa shape index (κ1) is 9.93. The Hall–Kier alpha value is -2.61. The average molecular weight is 213 g/mol. The van der Waals surface area contributed by atoms with Crippen LogP contribution in [-0.4, -0.2) is 4.98 Å². The molecule has 0 unspecified atom stereocenters. The third-order valence-corrected chi connectivity index (χ3v) is 2.18. The van der Waals surface area contributed by atoms with Gasteiger partial charge in [0.25, 0.3) is 0 Å². The number of nitrogens with one attached hydrogen (secondary N) is 1. The SMILES string of the molecule is [C-]#[N+]c1[nH]c(-c2ccccc2)c[n+](=O)c1N. The van der Waals surface area contributed by atoms with E-state index in [1.165, 1.54) is 6.20 Å². The molecule has 5 heteroatoms. The van der Waals surface area contributed by atoms with Crippen LogP contribution in [0.15, 0.2) is 36.5 Å². The van der Waals surface area contributed by atoms with Gasteiger partial charge in [-0.25, -0.2) is 0 Å². The number of aromatic nitrogens is 2. The van der Waals surface area contributed by atoms with Crippen molar-refractivity contribution in [2.24, 2.45) is 0 Å². The highest BCUT2D eigenvalue weighted by Crippen LogP contribution is 2.20. The number of nitrogen functional groups attached to an aromatic ring is 1. The summed E-state index contributed by atoms with van der Waals surface area (Å²) in [5.74, 6) is -0.0639. The zero-order valence-corrected chi connectivity index (χ0v) is 8.34. The van der Waals surface area contributed by atoms with Crippen LogP contribution < -0.4 is 10.2 Å². The Labute approximate surface area is 91.6 Å². The summed E-state index contributed by atoms with van der Waals surface area (Å²) in [7, 11) is 0. The fourth-order valence-corrected chi connectivity index (χ4v) is 1.36. The lowest BCUT2D eigenvalue weighted by Crippen LogP contribution is -2.20. The molecule has 2 aromatic rings. The van der Waals surface area contributed by atoms with Crippen molar-refractivity contribution in [1.29, 1.82) is 0 Å². The molecule has 0 saturated carbocycles. The van der Waals surface area contributed by atoms with E-state index < -0.39 is 0 Å². The summed E-state index contributed by atoms with van der Waals surface area (Å²) in [6, 6.07) is 9.27. The molecule has 0 radical (unpaired) electrons. The van der Waals surface area contributed by atoms with Crippen molar-refractivity contribution in [2.75, 3.05) is 5.73 Å². The highest BCUT2D eigenvalue weighted by Gasteiger charge is 2.13. The molecule has 0 amide bonds. The minimum absolute atomic E-state index is 0.0522. The molecule has 16 heavy (non-hydrogen) atoms. The Morgan fingerprint density at radius 1 is 1.31 bits per heavy atom. The lowest BCUT2D eigenvalue weighted by molar-refractivity contribution is -0.477. The highest BCUT2D eigenvalue weighted by molar-refractivity contribution is 5.63. The minimum Gasteiger partial charge on any atom is -0.357 e. The van der Waals surface area contributed by atoms with Crippen LogP contribution in [0.4, 0.5) is 11.6 Å². The summed E-state index contributed by atoms with van der Waals surface area (Å²) in [5.41, 5.74) is 6.84. The van der Waals surface area contributed by atoms with E-state index in [1.54, 1.807) is 0 Å². The molecular formula is C11H9N4O+. The van der Waals surface area contributed by atoms with Gasteiger partial charge in [-0.15, -0.1) is 0 Å². The number of H-pyrrole nitrogens is 1. The molecule has 0 aliphatic rings. The first-order valence-electron chi connectivity index (χ1n) is 4.60. The maximum absolute atomic E-state index is 11.4. The average Bonchev–Trinajstić information content (AvgIpc) is 2.33. The van der Waals surface area contributed by atoms with Crippen LogP contribution >= 0.6 is 0 Å². The van der Waals surface area contributed by atoms with Gasteiger partial charge >= 0.3 is 11.6 Å². The highest BCUT2D eigenvalue weighted by atomic mass is 16.3. The lowest BCUT2D eigenvalue weighted by Gasteiger charge is -1.98. The second-order valence-corrected chi connectivity index (χ2v) is 3.21. The Bertz CT molecular complexity index is 610. The zero-order chi connectivity index (χ0) is 11.5. The summed E-state index contributed by atoms with van der Waals surface area (Å²) < 4.78 is 0.492. The molecule has 1 heterocycles. The molecule has 0 atom stereocenters. The van der Waals surface area contributed by atoms with Gasteiger partial charge in [-0.2, -0.15) is 0 Å². The molecule has 1 aromatic heterocycles. The van der Waals surface area contributed by atoms with Crippen molar-refractivity contribution in [3.8, 4) is 11.3 Å². The van der Waals surface area contributed by atoms with Crippen molar-refractivity contribution in [3.05, 3.63) is 52.9 Å². The number of hydrogen-bond donors (Lipinski definition) is 2. The van der Waals surface area contributed by atoms with E-state index in [-0.39, 0.29) is 11.6 Å². The number of hydrogen-bond acceptors (Lipinski definition) is 2. The van der Waals surface area contributed by atoms with E-state index in [1.807, 2.05) is 30.3 Å². The summed E-state index contributed by atoms with van der Waals surface area (Å²) in [4.78, 5) is 17.4. The van der Waals surface area contributed by atoms with Crippen LogP contribution in [0.3, 0.4) is 0 Å². The summed E-state index contributed by atoms with van der Waals surface area (Å²) in [5, 5.41) is 0. The maximum Gasteiger partial charge on any atom is 0.339 e. The molecule has 2 rings (SSSR count). The van der Waals surface area contributed by atoms with Gasteiger partial charge in [0.15, 0.2) is 11.9 Å². The second kappa shape index (κ2) is 3.87. The number of nitrogens with zero attached hydrogens (tertiary/aromatic N) is 2. The Morgan fingerprint density at radius 3 is 2.62 bits per heavy atom. The van der Waals surface area contributed by atoms with Gasteiger partial charge in [-0.3, -0.25) is 10.7 Å². The summed E-state index contributed by atoms with van der Waals surface area (Å²) >= 11 is 0. The van der Waals surface area contributed by atoms with Gasteiger partial charge in [0.1, 0.15) is 0 Å². The van der Waals surface area contributed by atoms with Gasteiger partial charge in [0.05, 0.1) is 0 Å². The fraction of sp³-hybridized carbons (Fsp3) is 0. The van der Waals surface area contributed by atoms with Gasteiger partial charge in [-0.1, -0.05) is 41.8 Å². The van der Waals surface area contributed by atoms with Crippen LogP contribution in [0.5, 0.6) is 0 Å². The van der Waals surface area contributed by atoms with Crippen LogP contribution in [-0.2, 0) is 0 Å².